The highest BCUT2D eigenvalue weighted by atomic mass is 16.3. The van der Waals surface area contributed by atoms with Crippen LogP contribution >= 0.6 is 0 Å². The van der Waals surface area contributed by atoms with Crippen LogP contribution in [0.3, 0.4) is 0 Å². The molecule has 0 spiro atoms. The van der Waals surface area contributed by atoms with E-state index in [-0.39, 0.29) is 12.5 Å². The maximum atomic E-state index is 12.4. The minimum Gasteiger partial charge on any atom is -0.390 e. The van der Waals surface area contributed by atoms with Crippen molar-refractivity contribution in [3.63, 3.8) is 0 Å². The lowest BCUT2D eigenvalue weighted by Crippen LogP contribution is -2.44. The standard InChI is InChI=1S/C19H27N3O3/c1-13(2)9-17-18(24)22(19(25)20-17)12-16(23)11-21-8-7-14-5-3-4-6-15(14)10-21/h3-6,13,16-17,23H,7-12H2,1-2H3,(H,20,25)/t16-,17-/m1/s1. The Hall–Kier alpha value is -1.92. The van der Waals surface area contributed by atoms with Crippen molar-refractivity contribution in [3.05, 3.63) is 35.4 Å². The molecule has 6 heteroatoms. The number of benzene rings is 1. The Bertz CT molecular complexity index is 647. The number of β-amino-alcohol motifs (C(OH)–C–C–N with tert-alkyl or cyclic N) is 1. The van der Waals surface area contributed by atoms with E-state index in [1.807, 2.05) is 19.9 Å². The number of aliphatic hydroxyl groups is 1. The fourth-order valence-corrected chi connectivity index (χ4v) is 3.66. The number of carbonyl (C=O) groups excluding carboxylic acids is 2. The lowest BCUT2D eigenvalue weighted by Gasteiger charge is -2.31. The second kappa shape index (κ2) is 7.54. The number of hydrogen-bond donors (Lipinski definition) is 2. The molecule has 1 saturated heterocycles. The fraction of sp³-hybridized carbons (Fsp3) is 0.579. The van der Waals surface area contributed by atoms with Crippen LogP contribution in [0, 0.1) is 5.92 Å². The number of hydrogen-bond acceptors (Lipinski definition) is 4. The van der Waals surface area contributed by atoms with Gasteiger partial charge in [0.25, 0.3) is 5.91 Å². The van der Waals surface area contributed by atoms with Gasteiger partial charge in [-0.05, 0) is 29.9 Å². The molecule has 0 unspecified atom stereocenters. The number of amides is 3. The highest BCUT2D eigenvalue weighted by Crippen LogP contribution is 2.19. The smallest absolute Gasteiger partial charge is 0.324 e. The van der Waals surface area contributed by atoms with Gasteiger partial charge in [0.2, 0.25) is 0 Å². The predicted octanol–water partition coefficient (Wildman–Crippen LogP) is 1.37. The number of aliphatic hydroxyl groups excluding tert-OH is 1. The number of fused-ring (bicyclic) bond motifs is 1. The minimum atomic E-state index is -0.738. The first-order valence-electron chi connectivity index (χ1n) is 9.03. The number of rotatable bonds is 6. The molecule has 1 aromatic carbocycles. The van der Waals surface area contributed by atoms with Crippen LogP contribution in [0.2, 0.25) is 0 Å². The second-order valence-electron chi connectivity index (χ2n) is 7.49. The SMILES string of the molecule is CC(C)C[C@H]1NC(=O)N(C[C@H](O)CN2CCc3ccccc3C2)C1=O. The summed E-state index contributed by atoms with van der Waals surface area (Å²) in [7, 11) is 0. The van der Waals surface area contributed by atoms with Gasteiger partial charge in [0.05, 0.1) is 12.6 Å². The van der Waals surface area contributed by atoms with Gasteiger partial charge in [-0.2, -0.15) is 0 Å². The van der Waals surface area contributed by atoms with Crippen molar-refractivity contribution < 1.29 is 14.7 Å². The quantitative estimate of drug-likeness (QED) is 0.764. The molecule has 2 N–H and O–H groups in total. The average molecular weight is 345 g/mol. The van der Waals surface area contributed by atoms with Crippen molar-refractivity contribution in [1.29, 1.82) is 0 Å². The summed E-state index contributed by atoms with van der Waals surface area (Å²) in [4.78, 5) is 27.7. The molecule has 3 amide bonds. The molecule has 0 saturated carbocycles. The average Bonchev–Trinajstić information content (AvgIpc) is 2.81. The number of urea groups is 1. The molecule has 1 aromatic rings. The van der Waals surface area contributed by atoms with Crippen molar-refractivity contribution in [1.82, 2.24) is 15.1 Å². The molecule has 1 fully saturated rings. The van der Waals surface area contributed by atoms with Crippen LogP contribution in [0.15, 0.2) is 24.3 Å². The van der Waals surface area contributed by atoms with E-state index in [4.69, 9.17) is 0 Å². The van der Waals surface area contributed by atoms with Crippen molar-refractivity contribution in [3.8, 4) is 0 Å². The molecule has 25 heavy (non-hydrogen) atoms. The molecule has 136 valence electrons. The molecule has 0 aromatic heterocycles. The molecular formula is C19H27N3O3. The highest BCUT2D eigenvalue weighted by molar-refractivity contribution is 6.04. The normalized spacial score (nSPS) is 22.2. The van der Waals surface area contributed by atoms with Gasteiger partial charge in [0.1, 0.15) is 6.04 Å². The summed E-state index contributed by atoms with van der Waals surface area (Å²) in [5.41, 5.74) is 2.65. The zero-order valence-corrected chi connectivity index (χ0v) is 14.9. The van der Waals surface area contributed by atoms with Gasteiger partial charge in [-0.1, -0.05) is 38.1 Å². The van der Waals surface area contributed by atoms with Crippen molar-refractivity contribution >= 4 is 11.9 Å². The zero-order valence-electron chi connectivity index (χ0n) is 14.9. The third-order valence-corrected chi connectivity index (χ3v) is 4.89. The lowest BCUT2D eigenvalue weighted by atomic mass is 10.00. The molecule has 2 atom stereocenters. The van der Waals surface area contributed by atoms with E-state index in [1.165, 1.54) is 11.1 Å². The van der Waals surface area contributed by atoms with Crippen LogP contribution in [-0.4, -0.2) is 58.6 Å². The lowest BCUT2D eigenvalue weighted by molar-refractivity contribution is -0.128. The molecule has 6 nitrogen and oxygen atoms in total. The third-order valence-electron chi connectivity index (χ3n) is 4.89. The topological polar surface area (TPSA) is 72.9 Å². The van der Waals surface area contributed by atoms with Gasteiger partial charge in [0.15, 0.2) is 0 Å². The Morgan fingerprint density at radius 2 is 1.92 bits per heavy atom. The molecule has 2 aliphatic heterocycles. The molecule has 0 radical (unpaired) electrons. The van der Waals surface area contributed by atoms with Gasteiger partial charge in [-0.15, -0.1) is 0 Å². The van der Waals surface area contributed by atoms with Crippen molar-refractivity contribution in [2.75, 3.05) is 19.6 Å². The van der Waals surface area contributed by atoms with Crippen molar-refractivity contribution in [2.45, 2.75) is 45.4 Å². The summed E-state index contributed by atoms with van der Waals surface area (Å²) >= 11 is 0. The summed E-state index contributed by atoms with van der Waals surface area (Å²) in [5, 5.41) is 13.1. The molecular weight excluding hydrogens is 318 g/mol. The number of nitrogens with zero attached hydrogens (tertiary/aromatic N) is 2. The van der Waals surface area contributed by atoms with E-state index < -0.39 is 18.2 Å². The van der Waals surface area contributed by atoms with Crippen LogP contribution in [0.1, 0.15) is 31.4 Å². The summed E-state index contributed by atoms with van der Waals surface area (Å²) in [6.07, 6.45) is 0.848. The van der Waals surface area contributed by atoms with Crippen LogP contribution in [0.4, 0.5) is 4.79 Å². The molecule has 0 bridgehead atoms. The number of carbonyl (C=O) groups is 2. The Labute approximate surface area is 148 Å². The van der Waals surface area contributed by atoms with Crippen molar-refractivity contribution in [2.24, 2.45) is 5.92 Å². The molecule has 2 heterocycles. The first-order valence-corrected chi connectivity index (χ1v) is 9.03. The van der Waals surface area contributed by atoms with E-state index >= 15 is 0 Å². The minimum absolute atomic E-state index is 0.0530. The van der Waals surface area contributed by atoms with E-state index in [9.17, 15) is 14.7 Å². The monoisotopic (exact) mass is 345 g/mol. The van der Waals surface area contributed by atoms with E-state index in [0.29, 0.717) is 18.9 Å². The maximum absolute atomic E-state index is 12.4. The molecule has 3 rings (SSSR count). The van der Waals surface area contributed by atoms with Gasteiger partial charge in [0, 0.05) is 19.6 Å². The van der Waals surface area contributed by atoms with Gasteiger partial charge in [-0.3, -0.25) is 14.6 Å². The van der Waals surface area contributed by atoms with E-state index in [2.05, 4.69) is 28.4 Å². The Morgan fingerprint density at radius 3 is 2.64 bits per heavy atom. The predicted molar refractivity (Wildman–Crippen MR) is 94.9 cm³/mol. The second-order valence-corrected chi connectivity index (χ2v) is 7.49. The first-order chi connectivity index (χ1) is 11.9. The Morgan fingerprint density at radius 1 is 1.20 bits per heavy atom. The summed E-state index contributed by atoms with van der Waals surface area (Å²) in [5.74, 6) is 0.106. The van der Waals surface area contributed by atoms with Crippen LogP contribution in [0.25, 0.3) is 0 Å². The van der Waals surface area contributed by atoms with Crippen LogP contribution in [-0.2, 0) is 17.8 Å². The van der Waals surface area contributed by atoms with Gasteiger partial charge < -0.3 is 10.4 Å². The van der Waals surface area contributed by atoms with Gasteiger partial charge >= 0.3 is 6.03 Å². The summed E-state index contributed by atoms with van der Waals surface area (Å²) in [6, 6.07) is 7.49. The Balaban J connectivity index is 1.54. The summed E-state index contributed by atoms with van der Waals surface area (Å²) < 4.78 is 0. The number of nitrogens with one attached hydrogen (secondary N) is 1. The van der Waals surface area contributed by atoms with E-state index in [0.717, 1.165) is 24.4 Å². The largest absolute Gasteiger partial charge is 0.390 e. The maximum Gasteiger partial charge on any atom is 0.324 e. The number of imide groups is 1. The van der Waals surface area contributed by atoms with E-state index in [1.54, 1.807) is 0 Å². The molecule has 0 aliphatic carbocycles. The first kappa shape index (κ1) is 17.9. The molecule has 2 aliphatic rings. The van der Waals surface area contributed by atoms with Gasteiger partial charge in [-0.25, -0.2) is 4.79 Å². The summed E-state index contributed by atoms with van der Waals surface area (Å²) in [6.45, 7) is 6.22. The third kappa shape index (κ3) is 4.19. The van der Waals surface area contributed by atoms with Crippen LogP contribution < -0.4 is 5.32 Å². The van der Waals surface area contributed by atoms with Crippen LogP contribution in [0.5, 0.6) is 0 Å². The zero-order chi connectivity index (χ0) is 18.0. The fourth-order valence-electron chi connectivity index (χ4n) is 3.66. The Kier molecular flexibility index (Phi) is 5.39. The highest BCUT2D eigenvalue weighted by Gasteiger charge is 2.39.